The predicted molar refractivity (Wildman–Crippen MR) is 114 cm³/mol. The molecule has 3 N–H and O–H groups in total. The van der Waals surface area contributed by atoms with Gasteiger partial charge in [-0.3, -0.25) is 9.59 Å². The SMILES string of the molecule is Cc1ccc(NC(=O)[C@H](Cc2ccccc2)NC(=O)c2ccc(Cl)cc2O)cc1. The number of amides is 2. The Labute approximate surface area is 174 Å². The first-order chi connectivity index (χ1) is 13.9. The first-order valence-corrected chi connectivity index (χ1v) is 9.51. The van der Waals surface area contributed by atoms with Crippen LogP contribution in [0.5, 0.6) is 5.75 Å². The van der Waals surface area contributed by atoms with Crippen LogP contribution in [0.2, 0.25) is 5.02 Å². The zero-order chi connectivity index (χ0) is 20.8. The first-order valence-electron chi connectivity index (χ1n) is 9.13. The maximum Gasteiger partial charge on any atom is 0.255 e. The van der Waals surface area contributed by atoms with E-state index in [4.69, 9.17) is 11.6 Å². The van der Waals surface area contributed by atoms with Crippen molar-refractivity contribution in [1.82, 2.24) is 5.32 Å². The summed E-state index contributed by atoms with van der Waals surface area (Å²) in [6.45, 7) is 1.96. The molecule has 29 heavy (non-hydrogen) atoms. The van der Waals surface area contributed by atoms with Gasteiger partial charge in [0.25, 0.3) is 5.91 Å². The maximum absolute atomic E-state index is 12.9. The molecular weight excluding hydrogens is 388 g/mol. The Morgan fingerprint density at radius 1 is 1.00 bits per heavy atom. The minimum Gasteiger partial charge on any atom is -0.507 e. The molecule has 0 bridgehead atoms. The fraction of sp³-hybridized carbons (Fsp3) is 0.130. The second-order valence-electron chi connectivity index (χ2n) is 6.73. The largest absolute Gasteiger partial charge is 0.507 e. The van der Waals surface area contributed by atoms with Gasteiger partial charge < -0.3 is 15.7 Å². The van der Waals surface area contributed by atoms with Crippen LogP contribution < -0.4 is 10.6 Å². The van der Waals surface area contributed by atoms with Crippen molar-refractivity contribution in [3.8, 4) is 5.75 Å². The van der Waals surface area contributed by atoms with Crippen LogP contribution in [-0.4, -0.2) is 23.0 Å². The zero-order valence-corrected chi connectivity index (χ0v) is 16.6. The monoisotopic (exact) mass is 408 g/mol. The fourth-order valence-corrected chi connectivity index (χ4v) is 3.02. The summed E-state index contributed by atoms with van der Waals surface area (Å²) in [4.78, 5) is 25.6. The summed E-state index contributed by atoms with van der Waals surface area (Å²) < 4.78 is 0. The lowest BCUT2D eigenvalue weighted by molar-refractivity contribution is -0.118. The number of hydrogen-bond acceptors (Lipinski definition) is 3. The lowest BCUT2D eigenvalue weighted by Crippen LogP contribution is -2.45. The summed E-state index contributed by atoms with van der Waals surface area (Å²) in [5.74, 6) is -1.15. The Kier molecular flexibility index (Phi) is 6.52. The Morgan fingerprint density at radius 3 is 2.34 bits per heavy atom. The van der Waals surface area contributed by atoms with Gasteiger partial charge in [0.2, 0.25) is 5.91 Å². The number of nitrogens with one attached hydrogen (secondary N) is 2. The van der Waals surface area contributed by atoms with Crippen LogP contribution in [0, 0.1) is 6.92 Å². The number of halogens is 1. The molecule has 0 aromatic heterocycles. The van der Waals surface area contributed by atoms with Gasteiger partial charge >= 0.3 is 0 Å². The summed E-state index contributed by atoms with van der Waals surface area (Å²) in [6, 6.07) is 20.2. The Balaban J connectivity index is 1.80. The molecule has 3 aromatic rings. The highest BCUT2D eigenvalue weighted by Gasteiger charge is 2.23. The third-order valence-electron chi connectivity index (χ3n) is 4.43. The van der Waals surface area contributed by atoms with Gasteiger partial charge in [-0.05, 0) is 42.8 Å². The lowest BCUT2D eigenvalue weighted by atomic mass is 10.0. The Hall–Kier alpha value is -3.31. The van der Waals surface area contributed by atoms with E-state index in [9.17, 15) is 14.7 Å². The molecule has 1 atom stereocenters. The van der Waals surface area contributed by atoms with E-state index in [0.717, 1.165) is 11.1 Å². The van der Waals surface area contributed by atoms with E-state index in [2.05, 4.69) is 10.6 Å². The van der Waals surface area contributed by atoms with E-state index in [1.807, 2.05) is 49.4 Å². The highest BCUT2D eigenvalue weighted by atomic mass is 35.5. The Bertz CT molecular complexity index is 1000. The second kappa shape index (κ2) is 9.26. The van der Waals surface area contributed by atoms with Gasteiger partial charge in [0.1, 0.15) is 11.8 Å². The molecule has 5 nitrogen and oxygen atoms in total. The molecule has 6 heteroatoms. The number of phenolic OH excluding ortho intramolecular Hbond substituents is 1. The molecule has 0 fully saturated rings. The van der Waals surface area contributed by atoms with Gasteiger partial charge in [0.05, 0.1) is 5.56 Å². The number of aryl methyl sites for hydroxylation is 1. The molecule has 0 saturated heterocycles. The molecule has 0 aliphatic heterocycles. The maximum atomic E-state index is 12.9. The molecule has 0 heterocycles. The van der Waals surface area contributed by atoms with Crippen LogP contribution in [0.4, 0.5) is 5.69 Å². The van der Waals surface area contributed by atoms with Gasteiger partial charge in [0.15, 0.2) is 0 Å². The average molecular weight is 409 g/mol. The van der Waals surface area contributed by atoms with Crippen LogP contribution >= 0.6 is 11.6 Å². The third kappa shape index (κ3) is 5.59. The molecule has 3 aromatic carbocycles. The van der Waals surface area contributed by atoms with E-state index < -0.39 is 11.9 Å². The number of aromatic hydroxyl groups is 1. The van der Waals surface area contributed by atoms with Crippen LogP contribution in [0.15, 0.2) is 72.8 Å². The van der Waals surface area contributed by atoms with Crippen LogP contribution in [0.1, 0.15) is 21.5 Å². The number of benzene rings is 3. The molecule has 148 valence electrons. The zero-order valence-electron chi connectivity index (χ0n) is 15.9. The molecule has 0 unspecified atom stereocenters. The quantitative estimate of drug-likeness (QED) is 0.568. The van der Waals surface area contributed by atoms with Crippen molar-refractivity contribution in [2.24, 2.45) is 0 Å². The minimum atomic E-state index is -0.832. The fourth-order valence-electron chi connectivity index (χ4n) is 2.86. The standard InChI is InChI=1S/C23H21ClN2O3/c1-15-7-10-18(11-8-15)25-23(29)20(13-16-5-3-2-4-6-16)26-22(28)19-12-9-17(24)14-21(19)27/h2-12,14,20,27H,13H2,1H3,(H,25,29)(H,26,28)/t20-/m0/s1. The van der Waals surface area contributed by atoms with Gasteiger partial charge in [-0.2, -0.15) is 0 Å². The summed E-state index contributed by atoms with van der Waals surface area (Å²) in [7, 11) is 0. The molecule has 2 amide bonds. The van der Waals surface area contributed by atoms with Crippen molar-refractivity contribution >= 4 is 29.1 Å². The van der Waals surface area contributed by atoms with Crippen molar-refractivity contribution in [2.45, 2.75) is 19.4 Å². The predicted octanol–water partition coefficient (Wildman–Crippen LogP) is 4.33. The number of phenols is 1. The Morgan fingerprint density at radius 2 is 1.69 bits per heavy atom. The minimum absolute atomic E-state index is 0.0515. The van der Waals surface area contributed by atoms with Crippen molar-refractivity contribution in [3.05, 3.63) is 94.5 Å². The molecule has 3 rings (SSSR count). The number of carbonyl (C=O) groups excluding carboxylic acids is 2. The molecule has 0 aliphatic rings. The van der Waals surface area contributed by atoms with E-state index in [-0.39, 0.29) is 17.2 Å². The van der Waals surface area contributed by atoms with Crippen LogP contribution in [0.25, 0.3) is 0 Å². The summed E-state index contributed by atoms with van der Waals surface area (Å²) in [5.41, 5.74) is 2.67. The van der Waals surface area contributed by atoms with Gasteiger partial charge in [0, 0.05) is 17.1 Å². The summed E-state index contributed by atoms with van der Waals surface area (Å²) >= 11 is 5.83. The molecule has 0 spiro atoms. The molecule has 0 aliphatic carbocycles. The number of rotatable bonds is 6. The van der Waals surface area contributed by atoms with Crippen molar-refractivity contribution < 1.29 is 14.7 Å². The van der Waals surface area contributed by atoms with Crippen LogP contribution in [-0.2, 0) is 11.2 Å². The average Bonchev–Trinajstić information content (AvgIpc) is 2.70. The van der Waals surface area contributed by atoms with Gasteiger partial charge in [-0.1, -0.05) is 59.6 Å². The highest BCUT2D eigenvalue weighted by Crippen LogP contribution is 2.22. The van der Waals surface area contributed by atoms with Gasteiger partial charge in [-0.25, -0.2) is 0 Å². The van der Waals surface area contributed by atoms with E-state index in [1.54, 1.807) is 12.1 Å². The van der Waals surface area contributed by atoms with E-state index in [1.165, 1.54) is 18.2 Å². The van der Waals surface area contributed by atoms with Gasteiger partial charge in [-0.15, -0.1) is 0 Å². The smallest absolute Gasteiger partial charge is 0.255 e. The van der Waals surface area contributed by atoms with E-state index >= 15 is 0 Å². The summed E-state index contributed by atoms with van der Waals surface area (Å²) in [6.07, 6.45) is 0.304. The molecule has 0 radical (unpaired) electrons. The number of hydrogen-bond donors (Lipinski definition) is 3. The first kappa shape index (κ1) is 20.4. The van der Waals surface area contributed by atoms with Crippen molar-refractivity contribution in [3.63, 3.8) is 0 Å². The second-order valence-corrected chi connectivity index (χ2v) is 7.17. The normalized spacial score (nSPS) is 11.5. The van der Waals surface area contributed by atoms with Crippen molar-refractivity contribution in [2.75, 3.05) is 5.32 Å². The number of carbonyl (C=O) groups is 2. The molecular formula is C23H21ClN2O3. The van der Waals surface area contributed by atoms with Crippen molar-refractivity contribution in [1.29, 1.82) is 0 Å². The van der Waals surface area contributed by atoms with Crippen LogP contribution in [0.3, 0.4) is 0 Å². The summed E-state index contributed by atoms with van der Waals surface area (Å²) in [5, 5.41) is 15.9. The molecule has 0 saturated carbocycles. The third-order valence-corrected chi connectivity index (χ3v) is 4.66. The van der Waals surface area contributed by atoms with E-state index in [0.29, 0.717) is 17.1 Å². The topological polar surface area (TPSA) is 78.4 Å². The number of anilines is 1. The lowest BCUT2D eigenvalue weighted by Gasteiger charge is -2.19. The highest BCUT2D eigenvalue weighted by molar-refractivity contribution is 6.30.